The van der Waals surface area contributed by atoms with Gasteiger partial charge in [0.25, 0.3) is 0 Å². The lowest BCUT2D eigenvalue weighted by atomic mass is 9.97. The van der Waals surface area contributed by atoms with Gasteiger partial charge in [-0.25, -0.2) is 0 Å². The number of hydrogen-bond donors (Lipinski definition) is 0. The summed E-state index contributed by atoms with van der Waals surface area (Å²) in [4.78, 5) is 18.9. The van der Waals surface area contributed by atoms with Crippen molar-refractivity contribution in [2.75, 3.05) is 55.9 Å². The molecule has 2 aromatic carbocycles. The van der Waals surface area contributed by atoms with Gasteiger partial charge >= 0.3 is 0 Å². The Morgan fingerprint density at radius 3 is 2.66 bits per heavy atom. The van der Waals surface area contributed by atoms with E-state index in [1.807, 2.05) is 17.0 Å². The highest BCUT2D eigenvalue weighted by Gasteiger charge is 2.31. The molecular formula is C23H27N3O3. The number of para-hydroxylation sites is 1. The maximum Gasteiger partial charge on any atom is 0.231 e. The van der Waals surface area contributed by atoms with Crippen LogP contribution in [0.5, 0.6) is 11.5 Å². The summed E-state index contributed by atoms with van der Waals surface area (Å²) in [6.07, 6.45) is 1.09. The van der Waals surface area contributed by atoms with Crippen LogP contribution in [0.3, 0.4) is 0 Å². The van der Waals surface area contributed by atoms with Crippen molar-refractivity contribution >= 4 is 17.3 Å². The predicted octanol–water partition coefficient (Wildman–Crippen LogP) is 3.08. The van der Waals surface area contributed by atoms with E-state index in [0.29, 0.717) is 12.7 Å². The molecule has 0 saturated carbocycles. The van der Waals surface area contributed by atoms with Crippen molar-refractivity contribution in [3.63, 3.8) is 0 Å². The van der Waals surface area contributed by atoms with Crippen molar-refractivity contribution in [1.29, 1.82) is 0 Å². The van der Waals surface area contributed by atoms with Crippen LogP contribution in [0.1, 0.15) is 24.8 Å². The average molecular weight is 393 g/mol. The van der Waals surface area contributed by atoms with Crippen molar-refractivity contribution in [2.45, 2.75) is 19.3 Å². The Morgan fingerprint density at radius 2 is 1.83 bits per heavy atom. The third kappa shape index (κ3) is 3.53. The number of piperazine rings is 1. The number of ether oxygens (including phenoxy) is 2. The highest BCUT2D eigenvalue weighted by atomic mass is 16.7. The molecule has 0 N–H and O–H groups in total. The molecule has 0 spiro atoms. The first kappa shape index (κ1) is 18.3. The number of benzene rings is 2. The second kappa shape index (κ2) is 7.59. The first-order valence-corrected chi connectivity index (χ1v) is 10.4. The molecule has 6 heteroatoms. The molecule has 5 rings (SSSR count). The summed E-state index contributed by atoms with van der Waals surface area (Å²) in [5.41, 5.74) is 3.62. The predicted molar refractivity (Wildman–Crippen MR) is 113 cm³/mol. The molecule has 3 heterocycles. The van der Waals surface area contributed by atoms with Crippen LogP contribution < -0.4 is 19.3 Å². The van der Waals surface area contributed by atoms with Gasteiger partial charge in [0.05, 0.1) is 0 Å². The van der Waals surface area contributed by atoms with Crippen molar-refractivity contribution in [2.24, 2.45) is 0 Å². The fourth-order valence-electron chi connectivity index (χ4n) is 4.69. The molecule has 0 radical (unpaired) electrons. The largest absolute Gasteiger partial charge is 0.454 e. The standard InChI is InChI=1S/C23H27N3O3/c1-17(27)26-15-18(20-4-2-3-5-21(20)26)8-9-24-10-12-25(13-11-24)19-6-7-22-23(14-19)29-16-28-22/h2-7,14,18H,8-13,15-16H2,1H3. The monoisotopic (exact) mass is 393 g/mol. The minimum Gasteiger partial charge on any atom is -0.454 e. The third-order valence-corrected chi connectivity index (χ3v) is 6.34. The first-order chi connectivity index (χ1) is 14.2. The number of carbonyl (C=O) groups is 1. The molecule has 2 aromatic rings. The average Bonchev–Trinajstić information content (AvgIpc) is 3.37. The smallest absolute Gasteiger partial charge is 0.231 e. The number of fused-ring (bicyclic) bond motifs is 2. The van der Waals surface area contributed by atoms with E-state index < -0.39 is 0 Å². The Morgan fingerprint density at radius 1 is 1.03 bits per heavy atom. The summed E-state index contributed by atoms with van der Waals surface area (Å²) in [6.45, 7) is 8.00. The van der Waals surface area contributed by atoms with Gasteiger partial charge in [-0.05, 0) is 36.7 Å². The van der Waals surface area contributed by atoms with Crippen LogP contribution in [-0.4, -0.2) is 56.9 Å². The van der Waals surface area contributed by atoms with Gasteiger partial charge in [-0.1, -0.05) is 18.2 Å². The molecule has 0 aliphatic carbocycles. The highest BCUT2D eigenvalue weighted by molar-refractivity contribution is 5.94. The van der Waals surface area contributed by atoms with E-state index in [1.165, 1.54) is 11.3 Å². The Hall–Kier alpha value is -2.73. The maximum absolute atomic E-state index is 12.0. The maximum atomic E-state index is 12.0. The van der Waals surface area contributed by atoms with Crippen molar-refractivity contribution < 1.29 is 14.3 Å². The Balaban J connectivity index is 1.16. The summed E-state index contributed by atoms with van der Waals surface area (Å²) in [7, 11) is 0. The Labute approximate surface area is 171 Å². The normalized spacial score (nSPS) is 20.8. The van der Waals surface area contributed by atoms with E-state index in [0.717, 1.165) is 62.9 Å². The zero-order valence-electron chi connectivity index (χ0n) is 16.8. The molecule has 0 bridgehead atoms. The van der Waals surface area contributed by atoms with Crippen molar-refractivity contribution in [3.8, 4) is 11.5 Å². The fourth-order valence-corrected chi connectivity index (χ4v) is 4.69. The van der Waals surface area contributed by atoms with Gasteiger partial charge in [0.15, 0.2) is 11.5 Å². The number of nitrogens with zero attached hydrogens (tertiary/aromatic N) is 3. The van der Waals surface area contributed by atoms with E-state index in [2.05, 4.69) is 40.1 Å². The molecule has 0 aromatic heterocycles. The van der Waals surface area contributed by atoms with Crippen LogP contribution in [-0.2, 0) is 4.79 Å². The summed E-state index contributed by atoms with van der Waals surface area (Å²) >= 11 is 0. The van der Waals surface area contributed by atoms with Gasteiger partial charge in [-0.3, -0.25) is 9.69 Å². The van der Waals surface area contributed by atoms with Gasteiger partial charge < -0.3 is 19.3 Å². The van der Waals surface area contributed by atoms with E-state index in [9.17, 15) is 4.79 Å². The number of carbonyl (C=O) groups excluding carboxylic acids is 1. The molecular weight excluding hydrogens is 366 g/mol. The number of amides is 1. The molecule has 1 unspecified atom stereocenters. The lowest BCUT2D eigenvalue weighted by Crippen LogP contribution is -2.46. The van der Waals surface area contributed by atoms with Crippen molar-refractivity contribution in [3.05, 3.63) is 48.0 Å². The molecule has 29 heavy (non-hydrogen) atoms. The lowest BCUT2D eigenvalue weighted by Gasteiger charge is -2.36. The summed E-state index contributed by atoms with van der Waals surface area (Å²) in [6, 6.07) is 14.6. The molecule has 1 amide bonds. The number of rotatable bonds is 4. The molecule has 3 aliphatic rings. The van der Waals surface area contributed by atoms with Crippen LogP contribution in [0.25, 0.3) is 0 Å². The molecule has 1 fully saturated rings. The zero-order chi connectivity index (χ0) is 19.8. The van der Waals surface area contributed by atoms with Gasteiger partial charge in [0, 0.05) is 63.0 Å². The van der Waals surface area contributed by atoms with Crippen LogP contribution in [0, 0.1) is 0 Å². The SMILES string of the molecule is CC(=O)N1CC(CCN2CCN(c3ccc4c(c3)OCO4)CC2)c2ccccc21. The second-order valence-corrected chi connectivity index (χ2v) is 8.04. The molecule has 6 nitrogen and oxygen atoms in total. The lowest BCUT2D eigenvalue weighted by molar-refractivity contribution is -0.116. The summed E-state index contributed by atoms with van der Waals surface area (Å²) in [5, 5.41) is 0. The fraction of sp³-hybridized carbons (Fsp3) is 0.435. The van der Waals surface area contributed by atoms with E-state index in [1.54, 1.807) is 6.92 Å². The van der Waals surface area contributed by atoms with Crippen LogP contribution in [0.4, 0.5) is 11.4 Å². The van der Waals surface area contributed by atoms with E-state index in [4.69, 9.17) is 9.47 Å². The molecule has 1 saturated heterocycles. The second-order valence-electron chi connectivity index (χ2n) is 8.04. The first-order valence-electron chi connectivity index (χ1n) is 10.4. The van der Waals surface area contributed by atoms with Crippen LogP contribution in [0.15, 0.2) is 42.5 Å². The molecule has 152 valence electrons. The zero-order valence-corrected chi connectivity index (χ0v) is 16.8. The van der Waals surface area contributed by atoms with Crippen LogP contribution in [0.2, 0.25) is 0 Å². The summed E-state index contributed by atoms with van der Waals surface area (Å²) in [5.74, 6) is 2.25. The minimum absolute atomic E-state index is 0.136. The van der Waals surface area contributed by atoms with Gasteiger partial charge in [-0.2, -0.15) is 0 Å². The summed E-state index contributed by atoms with van der Waals surface area (Å²) < 4.78 is 10.9. The van der Waals surface area contributed by atoms with Crippen molar-refractivity contribution in [1.82, 2.24) is 4.90 Å². The molecule has 1 atom stereocenters. The highest BCUT2D eigenvalue weighted by Crippen LogP contribution is 2.38. The quantitative estimate of drug-likeness (QED) is 0.799. The number of anilines is 2. The van der Waals surface area contributed by atoms with E-state index in [-0.39, 0.29) is 5.91 Å². The third-order valence-electron chi connectivity index (χ3n) is 6.34. The molecule has 3 aliphatic heterocycles. The van der Waals surface area contributed by atoms with Gasteiger partial charge in [-0.15, -0.1) is 0 Å². The van der Waals surface area contributed by atoms with Gasteiger partial charge in [0.1, 0.15) is 0 Å². The Bertz CT molecular complexity index is 908. The van der Waals surface area contributed by atoms with Crippen LogP contribution >= 0.6 is 0 Å². The Kier molecular flexibility index (Phi) is 4.79. The van der Waals surface area contributed by atoms with Gasteiger partial charge in [0.2, 0.25) is 12.7 Å². The minimum atomic E-state index is 0.136. The number of hydrogen-bond acceptors (Lipinski definition) is 5. The van der Waals surface area contributed by atoms with E-state index >= 15 is 0 Å². The topological polar surface area (TPSA) is 45.3 Å².